The van der Waals surface area contributed by atoms with Gasteiger partial charge >= 0.3 is 10.9 Å². The average Bonchev–Trinajstić information content (AvgIpc) is 1.84. The SMILES string of the molecule is CCC=C(OC(=O)Cl)OC(=O)Cl. The average molecular weight is 213 g/mol. The zero-order valence-electron chi connectivity index (χ0n) is 6.17. The summed E-state index contributed by atoms with van der Waals surface area (Å²) in [6.07, 6.45) is 1.87. The van der Waals surface area contributed by atoms with Gasteiger partial charge < -0.3 is 9.47 Å². The molecule has 0 saturated carbocycles. The van der Waals surface area contributed by atoms with Gasteiger partial charge in [-0.2, -0.15) is 0 Å². The molecule has 6 heteroatoms. The molecule has 0 aromatic rings. The molecule has 0 atom stereocenters. The Hall–Kier alpha value is -0.740. The Labute approximate surface area is 79.0 Å². The number of allylic oxidation sites excluding steroid dienone is 1. The van der Waals surface area contributed by atoms with Crippen molar-refractivity contribution in [3.63, 3.8) is 0 Å². The van der Waals surface area contributed by atoms with E-state index >= 15 is 0 Å². The molecule has 0 aliphatic rings. The van der Waals surface area contributed by atoms with E-state index in [0.29, 0.717) is 6.42 Å². The van der Waals surface area contributed by atoms with Gasteiger partial charge in [-0.25, -0.2) is 9.59 Å². The zero-order chi connectivity index (χ0) is 9.56. The summed E-state index contributed by atoms with van der Waals surface area (Å²) in [5.74, 6) is -0.308. The number of halogens is 2. The number of carbonyl (C=O) groups excluding carboxylic acids is 2. The molecule has 0 bridgehead atoms. The third-order valence-corrected chi connectivity index (χ3v) is 0.887. The van der Waals surface area contributed by atoms with Gasteiger partial charge in [0.15, 0.2) is 0 Å². The van der Waals surface area contributed by atoms with Crippen molar-refractivity contribution in [2.24, 2.45) is 0 Å². The number of ether oxygens (including phenoxy) is 2. The molecule has 0 spiro atoms. The number of hydrogen-bond acceptors (Lipinski definition) is 4. The minimum absolute atomic E-state index is 0.308. The van der Waals surface area contributed by atoms with Gasteiger partial charge in [0.2, 0.25) is 0 Å². The van der Waals surface area contributed by atoms with Gasteiger partial charge in [0.25, 0.3) is 5.95 Å². The topological polar surface area (TPSA) is 52.6 Å². The van der Waals surface area contributed by atoms with Crippen molar-refractivity contribution in [3.05, 3.63) is 12.0 Å². The highest BCUT2D eigenvalue weighted by atomic mass is 35.5. The van der Waals surface area contributed by atoms with E-state index < -0.39 is 10.9 Å². The molecule has 0 fully saturated rings. The Kier molecular flexibility index (Phi) is 5.49. The van der Waals surface area contributed by atoms with Crippen LogP contribution in [0, 0.1) is 0 Å². The minimum atomic E-state index is -1.09. The Bertz CT molecular complexity index is 194. The molecule has 0 aromatic heterocycles. The second-order valence-corrected chi connectivity index (χ2v) is 2.23. The standard InChI is InChI=1S/C6H6Cl2O4/c1-2-3-4(11-5(7)9)12-6(8)10/h3H,2H2,1H3. The van der Waals surface area contributed by atoms with Crippen molar-refractivity contribution in [3.8, 4) is 0 Å². The molecular formula is C6H6Cl2O4. The Morgan fingerprint density at radius 2 is 1.67 bits per heavy atom. The molecule has 0 unspecified atom stereocenters. The molecule has 0 aromatic carbocycles. The Morgan fingerprint density at radius 1 is 1.25 bits per heavy atom. The molecule has 0 aliphatic heterocycles. The highest BCUT2D eigenvalue weighted by Gasteiger charge is 2.07. The lowest BCUT2D eigenvalue weighted by atomic mass is 10.5. The summed E-state index contributed by atoms with van der Waals surface area (Å²) in [6, 6.07) is 0. The van der Waals surface area contributed by atoms with Gasteiger partial charge in [-0.1, -0.05) is 6.92 Å². The van der Waals surface area contributed by atoms with E-state index in [9.17, 15) is 9.59 Å². The third-order valence-electron chi connectivity index (χ3n) is 0.732. The molecule has 68 valence electrons. The first-order valence-corrected chi connectivity index (χ1v) is 3.76. The number of hydrogen-bond donors (Lipinski definition) is 0. The summed E-state index contributed by atoms with van der Waals surface area (Å²) in [7, 11) is 0. The highest BCUT2D eigenvalue weighted by Crippen LogP contribution is 2.07. The maximum atomic E-state index is 10.2. The summed E-state index contributed by atoms with van der Waals surface area (Å²) in [6.45, 7) is 1.75. The fourth-order valence-electron chi connectivity index (χ4n) is 0.429. The van der Waals surface area contributed by atoms with Crippen LogP contribution in [0.15, 0.2) is 12.0 Å². The normalized spacial score (nSPS) is 8.58. The van der Waals surface area contributed by atoms with Crippen LogP contribution in [0.3, 0.4) is 0 Å². The van der Waals surface area contributed by atoms with Gasteiger partial charge in [0.1, 0.15) is 0 Å². The summed E-state index contributed by atoms with van der Waals surface area (Å²) >= 11 is 9.71. The first-order valence-electron chi connectivity index (χ1n) is 3.01. The van der Waals surface area contributed by atoms with E-state index in [0.717, 1.165) is 0 Å². The predicted molar refractivity (Wildman–Crippen MR) is 43.0 cm³/mol. The molecule has 0 aliphatic carbocycles. The van der Waals surface area contributed by atoms with E-state index in [4.69, 9.17) is 23.2 Å². The molecule has 0 heterocycles. The van der Waals surface area contributed by atoms with Crippen LogP contribution in [0.4, 0.5) is 9.59 Å². The first kappa shape index (κ1) is 11.3. The van der Waals surface area contributed by atoms with Gasteiger partial charge in [-0.3, -0.25) is 0 Å². The zero-order valence-corrected chi connectivity index (χ0v) is 7.69. The summed E-state index contributed by atoms with van der Waals surface area (Å²) in [5.41, 5.74) is -2.18. The second-order valence-electron chi connectivity index (χ2n) is 1.61. The maximum Gasteiger partial charge on any atom is 0.411 e. The molecule has 0 saturated heterocycles. The maximum absolute atomic E-state index is 10.2. The van der Waals surface area contributed by atoms with Crippen LogP contribution >= 0.6 is 23.2 Å². The lowest BCUT2D eigenvalue weighted by Crippen LogP contribution is -2.01. The van der Waals surface area contributed by atoms with Crippen molar-refractivity contribution < 1.29 is 19.1 Å². The number of rotatable bonds is 3. The Morgan fingerprint density at radius 3 is 1.92 bits per heavy atom. The number of carbonyl (C=O) groups is 2. The summed E-state index contributed by atoms with van der Waals surface area (Å²) in [4.78, 5) is 20.4. The van der Waals surface area contributed by atoms with Crippen molar-refractivity contribution >= 4 is 34.1 Å². The monoisotopic (exact) mass is 212 g/mol. The molecule has 4 nitrogen and oxygen atoms in total. The first-order chi connectivity index (χ1) is 5.56. The molecule has 12 heavy (non-hydrogen) atoms. The van der Waals surface area contributed by atoms with Gasteiger partial charge in [0, 0.05) is 23.2 Å². The van der Waals surface area contributed by atoms with Crippen LogP contribution in [0.5, 0.6) is 0 Å². The van der Waals surface area contributed by atoms with Crippen LogP contribution in [0.25, 0.3) is 0 Å². The smallest absolute Gasteiger partial charge is 0.380 e. The van der Waals surface area contributed by atoms with Crippen LogP contribution in [0.2, 0.25) is 0 Å². The molecule has 0 amide bonds. The highest BCUT2D eigenvalue weighted by molar-refractivity contribution is 6.61. The van der Waals surface area contributed by atoms with Crippen molar-refractivity contribution in [1.82, 2.24) is 0 Å². The minimum Gasteiger partial charge on any atom is -0.380 e. The molecule has 0 rings (SSSR count). The van der Waals surface area contributed by atoms with Gasteiger partial charge in [0.05, 0.1) is 0 Å². The van der Waals surface area contributed by atoms with Crippen molar-refractivity contribution in [1.29, 1.82) is 0 Å². The van der Waals surface area contributed by atoms with E-state index in [1.165, 1.54) is 6.08 Å². The largest absolute Gasteiger partial charge is 0.411 e. The lowest BCUT2D eigenvalue weighted by Gasteiger charge is -2.02. The van der Waals surface area contributed by atoms with Crippen LogP contribution in [-0.2, 0) is 9.47 Å². The summed E-state index contributed by atoms with van der Waals surface area (Å²) < 4.78 is 8.52. The van der Waals surface area contributed by atoms with Crippen LogP contribution in [-0.4, -0.2) is 10.9 Å². The van der Waals surface area contributed by atoms with E-state index in [2.05, 4.69) is 9.47 Å². The van der Waals surface area contributed by atoms with Crippen molar-refractivity contribution in [2.45, 2.75) is 13.3 Å². The van der Waals surface area contributed by atoms with Crippen molar-refractivity contribution in [2.75, 3.05) is 0 Å². The third kappa shape index (κ3) is 6.00. The molecule has 0 N–H and O–H groups in total. The fraction of sp³-hybridized carbons (Fsp3) is 0.333. The second kappa shape index (κ2) is 5.85. The predicted octanol–water partition coefficient (Wildman–Crippen LogP) is 2.99. The quantitative estimate of drug-likeness (QED) is 0.534. The Balaban J connectivity index is 4.14. The van der Waals surface area contributed by atoms with E-state index in [1.54, 1.807) is 6.92 Å². The van der Waals surface area contributed by atoms with Crippen LogP contribution < -0.4 is 0 Å². The van der Waals surface area contributed by atoms with Gasteiger partial charge in [-0.15, -0.1) is 0 Å². The molecule has 0 radical (unpaired) electrons. The van der Waals surface area contributed by atoms with E-state index in [-0.39, 0.29) is 5.95 Å². The van der Waals surface area contributed by atoms with Gasteiger partial charge in [-0.05, 0) is 12.5 Å². The van der Waals surface area contributed by atoms with Crippen LogP contribution in [0.1, 0.15) is 13.3 Å². The lowest BCUT2D eigenvalue weighted by molar-refractivity contribution is 0.119. The fourth-order valence-corrected chi connectivity index (χ4v) is 0.581. The molecular weight excluding hydrogens is 207 g/mol. The summed E-state index contributed by atoms with van der Waals surface area (Å²) in [5, 5.41) is 0. The van der Waals surface area contributed by atoms with E-state index in [1.807, 2.05) is 0 Å².